The molecule has 1 aliphatic heterocycles. The number of rotatable bonds is 32. The number of amides is 5. The number of nitrogens with one attached hydrogen (secondary N) is 5. The number of hydroxylamine groups is 2. The maximum Gasteiger partial charge on any atom is 0.411 e. The number of hydrogen-bond donors (Lipinski definition) is 8. The van der Waals surface area contributed by atoms with Crippen molar-refractivity contribution >= 4 is 76.8 Å². The van der Waals surface area contributed by atoms with Gasteiger partial charge in [0.05, 0.1) is 38.3 Å². The number of hydrogen-bond acceptors (Lipinski definition) is 18. The smallest absolute Gasteiger partial charge is 0.411 e. The van der Waals surface area contributed by atoms with Gasteiger partial charge in [-0.3, -0.25) is 43.9 Å². The molecular formula is C69H80N10O18. The summed E-state index contributed by atoms with van der Waals surface area (Å²) in [6, 6.07) is 29.3. The average molecular weight is 1340 g/mol. The molecule has 2 aliphatic carbocycles. The number of carboxylic acids is 3. The number of anilines is 3. The average Bonchev–Trinajstić information content (AvgIpc) is 1.72. The van der Waals surface area contributed by atoms with Crippen LogP contribution in [0.4, 0.5) is 26.7 Å². The fourth-order valence-corrected chi connectivity index (χ4v) is 12.2. The predicted molar refractivity (Wildman–Crippen MR) is 350 cm³/mol. The van der Waals surface area contributed by atoms with E-state index in [2.05, 4.69) is 36.6 Å². The van der Waals surface area contributed by atoms with Crippen LogP contribution in [0.2, 0.25) is 0 Å². The summed E-state index contributed by atoms with van der Waals surface area (Å²) >= 11 is 0. The Morgan fingerprint density at radius 3 is 2.06 bits per heavy atom. The predicted octanol–water partition coefficient (Wildman–Crippen LogP) is 8.90. The number of esters is 1. The van der Waals surface area contributed by atoms with Crippen LogP contribution in [0.3, 0.4) is 0 Å². The van der Waals surface area contributed by atoms with Crippen molar-refractivity contribution in [1.29, 1.82) is 5.26 Å². The van der Waals surface area contributed by atoms with Crippen LogP contribution in [-0.4, -0.2) is 155 Å². The maximum absolute atomic E-state index is 13.8. The Labute approximate surface area is 559 Å². The summed E-state index contributed by atoms with van der Waals surface area (Å²) in [4.78, 5) is 133. The first-order valence-corrected chi connectivity index (χ1v) is 32.1. The first-order valence-electron chi connectivity index (χ1n) is 32.1. The molecule has 0 spiro atoms. The van der Waals surface area contributed by atoms with Crippen molar-refractivity contribution in [1.82, 2.24) is 25.6 Å². The number of pyridine rings is 1. The van der Waals surface area contributed by atoms with Crippen LogP contribution >= 0.6 is 0 Å². The summed E-state index contributed by atoms with van der Waals surface area (Å²) in [6.45, 7) is 0.104. The van der Waals surface area contributed by atoms with Gasteiger partial charge in [-0.05, 0) is 102 Å². The number of benzene rings is 4. The monoisotopic (exact) mass is 1340 g/mol. The van der Waals surface area contributed by atoms with E-state index < -0.39 is 104 Å². The standard InChI is InChI=1S/C69H80N10O18/c1-78(33-34-95-79(47-17-6-5-7-18-47)59(81)23-8-3-4-13-29-72-67(74-42-70)75-45-26-30-71-31-27-45)64(88)44-15-14-16-46(36-44)76-69(91)93-40-43-24-25-57(96-66-54(39-62(86)87)52(37-60(82)83)53(38-61(84)85)63(97-66)65(89)92-2)56(35-43)77-58(80)28-32-73-68(90)94-41-55-50-21-11-9-19-48(50)49-20-10-12-22-51(49)55/h9-12,14-16,19-22,24-27,30-31,35-36,47,52-55,63,66H,3-8,13,17-18,23,28-29,32-34,37-41H2,1-2H3,(H,73,90)(H,76,91)(H,77,80)(H,82,83)(H,84,85)(H,86,87)(H2,71,72,74,75)/t52-,53-,54+,63-,66+/m0/s1. The number of aromatic nitrogens is 1. The Kier molecular flexibility index (Phi) is 27.0. The molecule has 8 rings (SSSR count). The number of guanidine groups is 1. The molecule has 2 heterocycles. The lowest BCUT2D eigenvalue weighted by Gasteiger charge is -2.44. The highest BCUT2D eigenvalue weighted by molar-refractivity contribution is 5.97. The molecule has 28 heteroatoms. The molecule has 0 radical (unpaired) electrons. The van der Waals surface area contributed by atoms with E-state index in [1.165, 1.54) is 34.2 Å². The Bertz CT molecular complexity index is 3610. The van der Waals surface area contributed by atoms with Crippen LogP contribution in [0.25, 0.3) is 11.1 Å². The van der Waals surface area contributed by atoms with Crippen LogP contribution in [0.15, 0.2) is 121 Å². The highest BCUT2D eigenvalue weighted by Gasteiger charge is 2.52. The minimum absolute atomic E-state index is 0.0153. The summed E-state index contributed by atoms with van der Waals surface area (Å²) in [5.41, 5.74) is 5.37. The highest BCUT2D eigenvalue weighted by atomic mass is 16.7. The molecule has 2 fully saturated rings. The number of ether oxygens (including phenoxy) is 5. The fourth-order valence-electron chi connectivity index (χ4n) is 12.2. The van der Waals surface area contributed by atoms with Gasteiger partial charge in [0.1, 0.15) is 19.0 Å². The van der Waals surface area contributed by atoms with Gasteiger partial charge in [0.2, 0.25) is 30.3 Å². The van der Waals surface area contributed by atoms with Crippen molar-refractivity contribution < 1.29 is 87.0 Å². The number of alkyl carbamates (subject to hydrolysis) is 1. The van der Waals surface area contributed by atoms with Gasteiger partial charge in [0, 0.05) is 93.0 Å². The van der Waals surface area contributed by atoms with E-state index in [0.29, 0.717) is 18.9 Å². The summed E-state index contributed by atoms with van der Waals surface area (Å²) in [7, 11) is 2.59. The summed E-state index contributed by atoms with van der Waals surface area (Å²) in [5, 5.41) is 54.6. The molecule has 8 N–H and O–H groups in total. The number of likely N-dealkylation sites (N-methyl/N-ethyl adjacent to an activating group) is 1. The molecule has 4 aromatic carbocycles. The van der Waals surface area contributed by atoms with Crippen molar-refractivity contribution in [3.8, 4) is 23.1 Å². The third-order valence-corrected chi connectivity index (χ3v) is 16.9. The number of fused-ring (bicyclic) bond motifs is 3. The van der Waals surface area contributed by atoms with E-state index in [-0.39, 0.29) is 85.3 Å². The molecule has 5 aromatic rings. The first kappa shape index (κ1) is 72.2. The van der Waals surface area contributed by atoms with Gasteiger partial charge in [-0.1, -0.05) is 92.8 Å². The van der Waals surface area contributed by atoms with Crippen molar-refractivity contribution in [2.24, 2.45) is 22.7 Å². The number of aliphatic imine (C=N–C) groups is 1. The molecule has 0 unspecified atom stereocenters. The molecule has 0 bridgehead atoms. The molecule has 5 atom stereocenters. The Morgan fingerprint density at radius 2 is 1.37 bits per heavy atom. The van der Waals surface area contributed by atoms with Crippen molar-refractivity contribution in [3.05, 3.63) is 138 Å². The van der Waals surface area contributed by atoms with Crippen molar-refractivity contribution in [2.45, 2.75) is 121 Å². The van der Waals surface area contributed by atoms with Gasteiger partial charge in [0.15, 0.2) is 6.10 Å². The molecule has 3 aliphatic rings. The number of carbonyl (C=O) groups excluding carboxylic acids is 6. The second-order valence-corrected chi connectivity index (χ2v) is 23.6. The highest BCUT2D eigenvalue weighted by Crippen LogP contribution is 2.46. The van der Waals surface area contributed by atoms with Gasteiger partial charge < -0.3 is 65.2 Å². The van der Waals surface area contributed by atoms with Gasteiger partial charge in [-0.2, -0.15) is 5.26 Å². The lowest BCUT2D eigenvalue weighted by atomic mass is 9.71. The Hall–Kier alpha value is -10.7. The zero-order valence-electron chi connectivity index (χ0n) is 53.9. The molecular weight excluding hydrogens is 1260 g/mol. The van der Waals surface area contributed by atoms with Crippen molar-refractivity contribution in [2.75, 3.05) is 63.0 Å². The molecule has 1 aromatic heterocycles. The minimum atomic E-state index is -1.75. The second kappa shape index (κ2) is 36.3. The Morgan fingerprint density at radius 1 is 0.691 bits per heavy atom. The number of carbonyl (C=O) groups is 9. The van der Waals surface area contributed by atoms with E-state index in [1.807, 2.05) is 48.5 Å². The zero-order chi connectivity index (χ0) is 69.2. The third kappa shape index (κ3) is 21.2. The van der Waals surface area contributed by atoms with Crippen LogP contribution in [-0.2, 0) is 59.2 Å². The van der Waals surface area contributed by atoms with Crippen molar-refractivity contribution in [3.63, 3.8) is 0 Å². The minimum Gasteiger partial charge on any atom is -0.481 e. The summed E-state index contributed by atoms with van der Waals surface area (Å²) in [5.74, 6) is -10.8. The van der Waals surface area contributed by atoms with Crippen LogP contribution in [0, 0.1) is 29.2 Å². The van der Waals surface area contributed by atoms with Crippen LogP contribution < -0.4 is 31.3 Å². The number of unbranched alkanes of at least 4 members (excludes halogenated alkanes) is 3. The molecule has 5 amide bonds. The lowest BCUT2D eigenvalue weighted by molar-refractivity contribution is -0.233. The van der Waals surface area contributed by atoms with Crippen LogP contribution in [0.5, 0.6) is 5.75 Å². The zero-order valence-corrected chi connectivity index (χ0v) is 53.9. The van der Waals surface area contributed by atoms with E-state index in [4.69, 9.17) is 33.8 Å². The number of methoxy groups -OCH3 is 1. The third-order valence-electron chi connectivity index (χ3n) is 16.9. The number of aliphatic carboxylic acids is 3. The SMILES string of the molecule is COC(=O)[C@H]1O[C@@H](Oc2ccc(COC(=O)Nc3cccc(C(=O)N(C)CCON(C(=O)CCCCCCN/C(=N\C#N)Nc4ccncc4)C4CCCCC4)c3)cc2NC(=O)CCNC(=O)OCC2c3ccccc3-c3ccccc32)[C@H](CC(=O)O)[C@@H](CC(=O)O)[C@@H]1CC(=O)O. The largest absolute Gasteiger partial charge is 0.481 e. The molecule has 1 saturated carbocycles. The molecule has 28 nitrogen and oxygen atoms in total. The van der Waals surface area contributed by atoms with Gasteiger partial charge in [-0.15, -0.1) is 4.99 Å². The number of nitrogens with zero attached hydrogens (tertiary/aromatic N) is 5. The Balaban J connectivity index is 0.873. The quantitative estimate of drug-likeness (QED) is 0.00379. The van der Waals surface area contributed by atoms with Gasteiger partial charge >= 0.3 is 36.1 Å². The second-order valence-electron chi connectivity index (χ2n) is 23.6. The number of carboxylic acid groups (broad SMARTS) is 3. The summed E-state index contributed by atoms with van der Waals surface area (Å²) in [6.07, 6.45) is 5.06. The molecule has 97 heavy (non-hydrogen) atoms. The van der Waals surface area contributed by atoms with E-state index in [0.717, 1.165) is 86.4 Å². The fraction of sp³-hybridized carbons (Fsp3) is 0.420. The topological polar surface area (TPSA) is 385 Å². The molecule has 1 saturated heterocycles. The van der Waals surface area contributed by atoms with E-state index >= 15 is 0 Å². The van der Waals surface area contributed by atoms with Gasteiger partial charge in [-0.25, -0.2) is 19.4 Å². The number of nitriles is 1. The van der Waals surface area contributed by atoms with E-state index in [1.54, 1.807) is 56.0 Å². The summed E-state index contributed by atoms with van der Waals surface area (Å²) < 4.78 is 28.4. The normalized spacial score (nSPS) is 17.3. The first-order chi connectivity index (χ1) is 46.9. The lowest BCUT2D eigenvalue weighted by Crippen LogP contribution is -2.54. The van der Waals surface area contributed by atoms with Gasteiger partial charge in [0.25, 0.3) is 5.91 Å². The van der Waals surface area contributed by atoms with Crippen LogP contribution in [0.1, 0.15) is 123 Å². The molecule has 514 valence electrons. The maximum atomic E-state index is 13.8. The van der Waals surface area contributed by atoms with E-state index in [9.17, 15) is 58.5 Å².